The van der Waals surface area contributed by atoms with Crippen molar-refractivity contribution >= 4 is 0 Å². The Morgan fingerprint density at radius 2 is 1.59 bits per heavy atom. The number of β-amino-alcohol motifs (C(OH)–C–C–N with tert-alkyl or cyclic N) is 1. The predicted molar refractivity (Wildman–Crippen MR) is 112 cm³/mol. The normalized spacial score (nSPS) is 17.3. The number of aliphatic hydroxyl groups excluding tert-OH is 1. The van der Waals surface area contributed by atoms with Gasteiger partial charge in [-0.15, -0.1) is 0 Å². The Morgan fingerprint density at radius 1 is 0.926 bits per heavy atom. The number of benzene rings is 2. The van der Waals surface area contributed by atoms with Gasteiger partial charge in [-0.05, 0) is 25.1 Å². The minimum absolute atomic E-state index is 0.304. The summed E-state index contributed by atoms with van der Waals surface area (Å²) in [6.45, 7) is 9.73. The highest BCUT2D eigenvalue weighted by atomic mass is 16.3. The van der Waals surface area contributed by atoms with Gasteiger partial charge in [0.05, 0.1) is 6.10 Å². The van der Waals surface area contributed by atoms with Crippen LogP contribution in [-0.2, 0) is 13.1 Å². The maximum Gasteiger partial charge on any atom is 0.0793 e. The van der Waals surface area contributed by atoms with E-state index in [-0.39, 0.29) is 6.10 Å². The second kappa shape index (κ2) is 10.00. The Kier molecular flexibility index (Phi) is 7.41. The number of rotatable bonds is 8. The minimum Gasteiger partial charge on any atom is -0.390 e. The van der Waals surface area contributed by atoms with Crippen LogP contribution in [0.25, 0.3) is 0 Å². The lowest BCUT2D eigenvalue weighted by Gasteiger charge is -2.36. The van der Waals surface area contributed by atoms with Gasteiger partial charge in [0.2, 0.25) is 0 Å². The van der Waals surface area contributed by atoms with Gasteiger partial charge in [0.1, 0.15) is 0 Å². The summed E-state index contributed by atoms with van der Waals surface area (Å²) in [6, 6.07) is 19.2. The molecule has 1 fully saturated rings. The fraction of sp³-hybridized carbons (Fsp3) is 0.478. The third-order valence-corrected chi connectivity index (χ3v) is 5.24. The van der Waals surface area contributed by atoms with Crippen LogP contribution in [0.1, 0.15) is 16.7 Å². The van der Waals surface area contributed by atoms with Gasteiger partial charge < -0.3 is 5.11 Å². The van der Waals surface area contributed by atoms with Crippen LogP contribution in [-0.4, -0.2) is 72.2 Å². The molecule has 0 aliphatic carbocycles. The van der Waals surface area contributed by atoms with Crippen molar-refractivity contribution in [2.75, 3.05) is 46.3 Å². The van der Waals surface area contributed by atoms with E-state index in [4.69, 9.17) is 0 Å². The summed E-state index contributed by atoms with van der Waals surface area (Å²) in [5, 5.41) is 10.5. The molecule has 0 amide bonds. The zero-order valence-corrected chi connectivity index (χ0v) is 16.7. The molecule has 2 aromatic rings. The number of hydrogen-bond donors (Lipinski definition) is 1. The molecule has 1 unspecified atom stereocenters. The molecule has 0 bridgehead atoms. The Labute approximate surface area is 164 Å². The number of piperazine rings is 1. The van der Waals surface area contributed by atoms with Crippen molar-refractivity contribution < 1.29 is 5.11 Å². The fourth-order valence-electron chi connectivity index (χ4n) is 3.87. The van der Waals surface area contributed by atoms with Crippen molar-refractivity contribution in [3.63, 3.8) is 0 Å². The molecule has 1 saturated heterocycles. The Hall–Kier alpha value is -1.72. The predicted octanol–water partition coefficient (Wildman–Crippen LogP) is 2.61. The van der Waals surface area contributed by atoms with E-state index in [1.54, 1.807) is 0 Å². The fourth-order valence-corrected chi connectivity index (χ4v) is 3.87. The summed E-state index contributed by atoms with van der Waals surface area (Å²) < 4.78 is 0. The summed E-state index contributed by atoms with van der Waals surface area (Å²) in [7, 11) is 2.08. The van der Waals surface area contributed by atoms with Gasteiger partial charge in [0.15, 0.2) is 0 Å². The standard InChI is InChI=1S/C23H33N3O/c1-20-7-6-10-22(15-20)17-25-11-13-26(14-12-25)19-23(27)18-24(2)16-21-8-4-3-5-9-21/h3-10,15,23,27H,11-14,16-19H2,1-2H3. The largest absolute Gasteiger partial charge is 0.390 e. The van der Waals surface area contributed by atoms with Gasteiger partial charge in [0.25, 0.3) is 0 Å². The molecule has 0 spiro atoms. The summed E-state index contributed by atoms with van der Waals surface area (Å²) in [5.74, 6) is 0. The van der Waals surface area contributed by atoms with Crippen molar-refractivity contribution in [1.82, 2.24) is 14.7 Å². The highest BCUT2D eigenvalue weighted by Crippen LogP contribution is 2.11. The molecule has 0 saturated carbocycles. The molecule has 0 aromatic heterocycles. The lowest BCUT2D eigenvalue weighted by molar-refractivity contribution is 0.0525. The average Bonchev–Trinajstić information content (AvgIpc) is 2.64. The summed E-state index contributed by atoms with van der Waals surface area (Å²) in [4.78, 5) is 7.11. The lowest BCUT2D eigenvalue weighted by atomic mass is 10.1. The van der Waals surface area contributed by atoms with E-state index >= 15 is 0 Å². The van der Waals surface area contributed by atoms with Gasteiger partial charge >= 0.3 is 0 Å². The van der Waals surface area contributed by atoms with E-state index in [0.29, 0.717) is 6.54 Å². The van der Waals surface area contributed by atoms with Crippen molar-refractivity contribution in [2.45, 2.75) is 26.1 Å². The van der Waals surface area contributed by atoms with E-state index < -0.39 is 0 Å². The first-order valence-electron chi connectivity index (χ1n) is 9.99. The van der Waals surface area contributed by atoms with Crippen molar-refractivity contribution in [2.24, 2.45) is 0 Å². The van der Waals surface area contributed by atoms with Crippen LogP contribution in [0, 0.1) is 6.92 Å². The minimum atomic E-state index is -0.304. The maximum absolute atomic E-state index is 10.5. The summed E-state index contributed by atoms with van der Waals surface area (Å²) in [6.07, 6.45) is -0.304. The highest BCUT2D eigenvalue weighted by Gasteiger charge is 2.20. The maximum atomic E-state index is 10.5. The first kappa shape index (κ1) is 20.0. The number of aliphatic hydroxyl groups is 1. The molecule has 1 aliphatic rings. The molecule has 4 nitrogen and oxygen atoms in total. The molecule has 27 heavy (non-hydrogen) atoms. The van der Waals surface area contributed by atoms with Crippen LogP contribution in [0.3, 0.4) is 0 Å². The van der Waals surface area contributed by atoms with E-state index in [2.05, 4.69) is 77.2 Å². The Balaban J connectivity index is 1.37. The molecule has 146 valence electrons. The first-order valence-corrected chi connectivity index (χ1v) is 9.99. The third kappa shape index (κ3) is 6.74. The van der Waals surface area contributed by atoms with Crippen LogP contribution in [0.5, 0.6) is 0 Å². The lowest BCUT2D eigenvalue weighted by Crippen LogP contribution is -2.49. The third-order valence-electron chi connectivity index (χ3n) is 5.24. The SMILES string of the molecule is Cc1cccc(CN2CCN(CC(O)CN(C)Cc3ccccc3)CC2)c1. The monoisotopic (exact) mass is 367 g/mol. The quantitative estimate of drug-likeness (QED) is 0.777. The van der Waals surface area contributed by atoms with E-state index in [0.717, 1.165) is 45.8 Å². The van der Waals surface area contributed by atoms with E-state index in [1.165, 1.54) is 16.7 Å². The average molecular weight is 368 g/mol. The Bertz CT molecular complexity index is 683. The zero-order chi connectivity index (χ0) is 19.1. The van der Waals surface area contributed by atoms with E-state index in [1.807, 2.05) is 6.07 Å². The molecule has 0 radical (unpaired) electrons. The molecule has 1 heterocycles. The molecule has 3 rings (SSSR count). The van der Waals surface area contributed by atoms with Crippen LogP contribution >= 0.6 is 0 Å². The van der Waals surface area contributed by atoms with Gasteiger partial charge in [0, 0.05) is 52.4 Å². The molecule has 1 atom stereocenters. The number of likely N-dealkylation sites (N-methyl/N-ethyl adjacent to an activating group) is 1. The van der Waals surface area contributed by atoms with Crippen LogP contribution < -0.4 is 0 Å². The highest BCUT2D eigenvalue weighted by molar-refractivity contribution is 5.22. The number of aryl methyl sites for hydroxylation is 1. The van der Waals surface area contributed by atoms with Crippen LogP contribution in [0.15, 0.2) is 54.6 Å². The first-order chi connectivity index (χ1) is 13.1. The molecule has 2 aromatic carbocycles. The van der Waals surface area contributed by atoms with Crippen LogP contribution in [0.4, 0.5) is 0 Å². The molecule has 4 heteroatoms. The summed E-state index contributed by atoms with van der Waals surface area (Å²) in [5.41, 5.74) is 4.01. The van der Waals surface area contributed by atoms with Gasteiger partial charge in [-0.1, -0.05) is 60.2 Å². The molecular weight excluding hydrogens is 334 g/mol. The molecular formula is C23H33N3O. The Morgan fingerprint density at radius 3 is 2.30 bits per heavy atom. The zero-order valence-electron chi connectivity index (χ0n) is 16.7. The smallest absolute Gasteiger partial charge is 0.0793 e. The van der Waals surface area contributed by atoms with Gasteiger partial charge in [-0.25, -0.2) is 0 Å². The topological polar surface area (TPSA) is 30.0 Å². The number of nitrogens with zero attached hydrogens (tertiary/aromatic N) is 3. The van der Waals surface area contributed by atoms with Gasteiger partial charge in [-0.3, -0.25) is 14.7 Å². The molecule has 1 N–H and O–H groups in total. The second-order valence-electron chi connectivity index (χ2n) is 7.90. The van der Waals surface area contributed by atoms with Crippen LogP contribution in [0.2, 0.25) is 0 Å². The van der Waals surface area contributed by atoms with Crippen molar-refractivity contribution in [3.05, 3.63) is 71.3 Å². The second-order valence-corrected chi connectivity index (χ2v) is 7.90. The number of hydrogen-bond acceptors (Lipinski definition) is 4. The molecule has 1 aliphatic heterocycles. The van der Waals surface area contributed by atoms with Gasteiger partial charge in [-0.2, -0.15) is 0 Å². The van der Waals surface area contributed by atoms with Crippen molar-refractivity contribution in [3.8, 4) is 0 Å². The van der Waals surface area contributed by atoms with Crippen molar-refractivity contribution in [1.29, 1.82) is 0 Å². The van der Waals surface area contributed by atoms with E-state index in [9.17, 15) is 5.11 Å². The summed E-state index contributed by atoms with van der Waals surface area (Å²) >= 11 is 0.